The van der Waals surface area contributed by atoms with E-state index in [0.717, 1.165) is 0 Å². The van der Waals surface area contributed by atoms with Crippen molar-refractivity contribution in [1.29, 1.82) is 0 Å². The van der Waals surface area contributed by atoms with Gasteiger partial charge in [-0.25, -0.2) is 4.79 Å². The van der Waals surface area contributed by atoms with Crippen molar-refractivity contribution in [3.63, 3.8) is 0 Å². The van der Waals surface area contributed by atoms with Gasteiger partial charge in [0.15, 0.2) is 5.96 Å². The Morgan fingerprint density at radius 3 is 1.41 bits per heavy atom. The number of primary amides is 1. The minimum Gasteiger partial charge on any atom is -0.481 e. The lowest BCUT2D eigenvalue weighted by atomic mass is 9.96. The summed E-state index contributed by atoms with van der Waals surface area (Å²) in [6, 6.07) is -13.1. The molecule has 0 aromatic heterocycles. The molecule has 32 heteroatoms. The van der Waals surface area contributed by atoms with Crippen LogP contribution in [0.15, 0.2) is 4.99 Å². The number of aliphatic imine (C=N–C) groups is 1. The number of unbranched alkanes of at least 4 members (excludes halogenated alkanes) is 1. The third kappa shape index (κ3) is 29.1. The molecule has 10 atom stereocenters. The van der Waals surface area contributed by atoms with Gasteiger partial charge in [0, 0.05) is 13.0 Å². The van der Waals surface area contributed by atoms with E-state index < -0.39 is 182 Å². The second-order valence-electron chi connectivity index (χ2n) is 20.7. The van der Waals surface area contributed by atoms with E-state index in [4.69, 9.17) is 33.8 Å². The monoisotopic (exact) mass is 1170 g/mol. The van der Waals surface area contributed by atoms with Gasteiger partial charge in [-0.2, -0.15) is 0 Å². The van der Waals surface area contributed by atoms with Gasteiger partial charge in [0.1, 0.15) is 54.4 Å². The van der Waals surface area contributed by atoms with Gasteiger partial charge < -0.3 is 97.2 Å². The van der Waals surface area contributed by atoms with Crippen LogP contribution in [0.4, 0.5) is 0 Å². The van der Waals surface area contributed by atoms with Crippen molar-refractivity contribution >= 4 is 82.9 Å². The summed E-state index contributed by atoms with van der Waals surface area (Å²) in [6.07, 6.45) is -0.622. The van der Waals surface area contributed by atoms with E-state index in [9.17, 15) is 72.5 Å². The van der Waals surface area contributed by atoms with E-state index in [-0.39, 0.29) is 63.5 Å². The molecular formula is C50H90N16O16. The smallest absolute Gasteiger partial charge is 0.326 e. The van der Waals surface area contributed by atoms with Crippen molar-refractivity contribution in [2.75, 3.05) is 32.8 Å². The van der Waals surface area contributed by atoms with Gasteiger partial charge in [-0.1, -0.05) is 61.8 Å². The second-order valence-corrected chi connectivity index (χ2v) is 20.7. The van der Waals surface area contributed by atoms with Gasteiger partial charge in [-0.05, 0) is 75.2 Å². The molecule has 0 heterocycles. The Morgan fingerprint density at radius 1 is 0.500 bits per heavy atom. The van der Waals surface area contributed by atoms with Crippen molar-refractivity contribution in [3.05, 3.63) is 0 Å². The zero-order valence-corrected chi connectivity index (χ0v) is 48.1. The van der Waals surface area contributed by atoms with Gasteiger partial charge in [-0.15, -0.1) is 0 Å². The first-order valence-corrected chi connectivity index (χ1v) is 27.1. The lowest BCUT2D eigenvalue weighted by Crippen LogP contribution is -2.61. The molecule has 23 N–H and O–H groups in total. The van der Waals surface area contributed by atoms with E-state index in [1.165, 1.54) is 27.7 Å². The Kier molecular flexibility index (Phi) is 35.2. The highest BCUT2D eigenvalue weighted by atomic mass is 16.4. The first-order valence-electron chi connectivity index (χ1n) is 27.1. The maximum absolute atomic E-state index is 13.9. The number of hydrogen-bond donors (Lipinski definition) is 18. The largest absolute Gasteiger partial charge is 0.481 e. The van der Waals surface area contributed by atoms with Crippen LogP contribution in [0.1, 0.15) is 120 Å². The third-order valence-corrected chi connectivity index (χ3v) is 12.6. The molecule has 0 spiro atoms. The summed E-state index contributed by atoms with van der Waals surface area (Å²) >= 11 is 0. The summed E-state index contributed by atoms with van der Waals surface area (Å²) in [5.41, 5.74) is 27.3. The van der Waals surface area contributed by atoms with Crippen LogP contribution in [-0.4, -0.2) is 185 Å². The second kappa shape index (κ2) is 38.8. The standard InChI is InChI=1S/C50H90N16O16/c1-9-27(8)40(66-44(76)31(19-24(2)3)59-35(69)21-52)48(80)61-30(15-16-34(53)68)41(73)57-22-36(70)58-28(14-12-18-56-50(54)55)42(74)63-33(23-67)45(77)65-38(25(4)5)46(78)60-29(13-10-11-17-51)43(75)64-39(26(6)7)47(79)62-32(49(81)82)20-37(71)72/h24-33,38-40,67H,9-23,51-52H2,1-8H3,(H2,53,68)(H,57,73)(H,58,70)(H,59,69)(H,60,78)(H,61,80)(H,62,79)(H,63,74)(H,64,75)(H,65,77)(H,66,76)(H,71,72)(H,81,82)(H4,54,55,56)/t27-,28-,29-,30-,31-,32-,33-,38-,39-,40-/m0/s1. The summed E-state index contributed by atoms with van der Waals surface area (Å²) in [4.78, 5) is 174. The highest BCUT2D eigenvalue weighted by Gasteiger charge is 2.37. The maximum Gasteiger partial charge on any atom is 0.326 e. The molecule has 82 heavy (non-hydrogen) atoms. The van der Waals surface area contributed by atoms with E-state index in [1.54, 1.807) is 13.8 Å². The number of nitrogens with one attached hydrogen (secondary N) is 10. The highest BCUT2D eigenvalue weighted by molar-refractivity contribution is 5.99. The molecule has 0 aromatic carbocycles. The van der Waals surface area contributed by atoms with E-state index in [0.29, 0.717) is 12.8 Å². The number of amides is 11. The molecule has 11 amide bonds. The number of rotatable bonds is 41. The van der Waals surface area contributed by atoms with Crippen molar-refractivity contribution in [3.8, 4) is 0 Å². The molecule has 0 aliphatic heterocycles. The zero-order chi connectivity index (χ0) is 63.0. The Balaban J connectivity index is 6.51. The van der Waals surface area contributed by atoms with Gasteiger partial charge in [0.2, 0.25) is 65.0 Å². The van der Waals surface area contributed by atoms with Gasteiger partial charge >= 0.3 is 11.9 Å². The number of aliphatic hydroxyl groups is 1. The quantitative estimate of drug-likeness (QED) is 0.0154. The number of carbonyl (C=O) groups is 13. The summed E-state index contributed by atoms with van der Waals surface area (Å²) in [5, 5.41) is 53.3. The van der Waals surface area contributed by atoms with Crippen molar-refractivity contribution in [1.82, 2.24) is 53.2 Å². The van der Waals surface area contributed by atoms with Gasteiger partial charge in [0.25, 0.3) is 0 Å². The molecule has 32 nitrogen and oxygen atoms in total. The number of aliphatic carboxylic acids is 2. The van der Waals surface area contributed by atoms with E-state index >= 15 is 0 Å². The molecule has 0 aromatic rings. The Morgan fingerprint density at radius 2 is 0.951 bits per heavy atom. The van der Waals surface area contributed by atoms with Crippen molar-refractivity contribution in [2.24, 2.45) is 57.3 Å². The number of hydrogen-bond acceptors (Lipinski definition) is 17. The van der Waals surface area contributed by atoms with Crippen LogP contribution in [0.25, 0.3) is 0 Å². The summed E-state index contributed by atoms with van der Waals surface area (Å²) < 4.78 is 0. The maximum atomic E-state index is 13.9. The Bertz CT molecular complexity index is 2210. The first kappa shape index (κ1) is 74.3. The summed E-state index contributed by atoms with van der Waals surface area (Å²) in [6.45, 7) is 11.1. The fourth-order valence-electron chi connectivity index (χ4n) is 7.74. The van der Waals surface area contributed by atoms with Crippen LogP contribution >= 0.6 is 0 Å². The minimum atomic E-state index is -1.83. The molecule has 0 saturated heterocycles. The predicted octanol–water partition coefficient (Wildman–Crippen LogP) is -6.17. The topological polar surface area (TPSA) is 545 Å². The number of carboxylic acids is 2. The molecular weight excluding hydrogens is 1080 g/mol. The molecule has 0 saturated carbocycles. The highest BCUT2D eigenvalue weighted by Crippen LogP contribution is 2.14. The van der Waals surface area contributed by atoms with Crippen LogP contribution in [0.2, 0.25) is 0 Å². The van der Waals surface area contributed by atoms with Gasteiger partial charge in [0.05, 0.1) is 26.1 Å². The normalized spacial score (nSPS) is 14.8. The van der Waals surface area contributed by atoms with Crippen molar-refractivity contribution < 1.29 is 77.6 Å². The molecule has 0 aliphatic rings. The van der Waals surface area contributed by atoms with Crippen LogP contribution in [0, 0.1) is 23.7 Å². The lowest BCUT2D eigenvalue weighted by Gasteiger charge is -2.29. The van der Waals surface area contributed by atoms with Crippen molar-refractivity contribution in [2.45, 2.75) is 174 Å². The molecule has 0 aliphatic carbocycles. The van der Waals surface area contributed by atoms with Crippen LogP contribution in [-0.2, 0) is 62.3 Å². The molecule has 0 bridgehead atoms. The minimum absolute atomic E-state index is 0.0302. The first-order chi connectivity index (χ1) is 38.3. The number of carbonyl (C=O) groups excluding carboxylic acids is 11. The number of nitrogens with zero attached hydrogens (tertiary/aromatic N) is 1. The Hall–Kier alpha value is -7.74. The molecule has 0 unspecified atom stereocenters. The average Bonchev–Trinajstić information content (AvgIpc) is 3.39. The summed E-state index contributed by atoms with van der Waals surface area (Å²) in [7, 11) is 0. The predicted molar refractivity (Wildman–Crippen MR) is 296 cm³/mol. The van der Waals surface area contributed by atoms with Crippen LogP contribution in [0.3, 0.4) is 0 Å². The fraction of sp³-hybridized carbons (Fsp3) is 0.720. The molecule has 0 fully saturated rings. The van der Waals surface area contributed by atoms with E-state index in [2.05, 4.69) is 58.2 Å². The summed E-state index contributed by atoms with van der Waals surface area (Å²) in [5.74, 6) is -15.3. The van der Waals surface area contributed by atoms with Crippen LogP contribution in [0.5, 0.6) is 0 Å². The molecule has 0 rings (SSSR count). The number of carboxylic acid groups (broad SMARTS) is 2. The van der Waals surface area contributed by atoms with E-state index in [1.807, 2.05) is 13.8 Å². The van der Waals surface area contributed by atoms with Crippen LogP contribution < -0.4 is 81.8 Å². The number of aliphatic hydroxyl groups excluding tert-OH is 1. The lowest BCUT2D eigenvalue weighted by molar-refractivity contribution is -0.147. The Labute approximate surface area is 476 Å². The average molecular weight is 1170 g/mol. The van der Waals surface area contributed by atoms with Gasteiger partial charge in [-0.3, -0.25) is 62.5 Å². The molecule has 466 valence electrons. The number of nitrogens with two attached hydrogens (primary N) is 5. The SMILES string of the molecule is CC[C@H](C)[C@H](NC(=O)[C@H](CC(C)C)NC(=O)CN)C(=O)N[C@@H](CCC(N)=O)C(=O)NCC(=O)N[C@@H](CCCN=C(N)N)C(=O)N[C@@H](CO)C(=O)N[C@H](C(=O)N[C@@H](CCCCN)C(=O)N[C@H](C(=O)N[C@@H](CC(=O)O)C(=O)O)C(C)C)C(C)C. The molecule has 0 radical (unpaired) electrons. The fourth-order valence-corrected chi connectivity index (χ4v) is 7.74. The number of guanidine groups is 1. The zero-order valence-electron chi connectivity index (χ0n) is 48.1. The third-order valence-electron chi connectivity index (χ3n) is 12.6.